The number of carbonyl (C=O) groups excluding carboxylic acids is 1. The van der Waals surface area contributed by atoms with Crippen LogP contribution in [0.2, 0.25) is 0 Å². The number of aliphatic hydroxyl groups excluding tert-OH is 1. The zero-order valence-electron chi connectivity index (χ0n) is 10.1. The molecule has 0 aromatic rings. The van der Waals surface area contributed by atoms with Gasteiger partial charge in [0, 0.05) is 0 Å². The molecule has 3 atom stereocenters. The van der Waals surface area contributed by atoms with Gasteiger partial charge < -0.3 is 19.4 Å². The van der Waals surface area contributed by atoms with Crippen LogP contribution >= 0.6 is 0 Å². The number of ether oxygens (including phenoxy) is 2. The second kappa shape index (κ2) is 5.57. The molecule has 92 valence electrons. The average Bonchev–Trinajstić information content (AvgIpc) is 2.54. The van der Waals surface area contributed by atoms with E-state index in [1.807, 2.05) is 19.1 Å². The van der Waals surface area contributed by atoms with E-state index in [-0.39, 0.29) is 0 Å². The SMILES string of the molecule is CC/C=C\C[C@@H](O)[C@H]1OC(C)(C)O[C@@H]1C=O. The molecule has 0 unspecified atom stereocenters. The third kappa shape index (κ3) is 3.40. The van der Waals surface area contributed by atoms with E-state index in [2.05, 4.69) is 0 Å². The van der Waals surface area contributed by atoms with Crippen LogP contribution in [0.1, 0.15) is 33.6 Å². The van der Waals surface area contributed by atoms with Crippen molar-refractivity contribution >= 4 is 6.29 Å². The summed E-state index contributed by atoms with van der Waals surface area (Å²) in [5, 5.41) is 9.89. The van der Waals surface area contributed by atoms with Gasteiger partial charge in [0.25, 0.3) is 0 Å². The topological polar surface area (TPSA) is 55.8 Å². The zero-order valence-corrected chi connectivity index (χ0v) is 10.1. The first-order valence-electron chi connectivity index (χ1n) is 5.64. The molecule has 0 radical (unpaired) electrons. The van der Waals surface area contributed by atoms with Crippen molar-refractivity contribution < 1.29 is 19.4 Å². The molecule has 0 spiro atoms. The fraction of sp³-hybridized carbons (Fsp3) is 0.750. The summed E-state index contributed by atoms with van der Waals surface area (Å²) in [6.07, 6.45) is 3.99. The van der Waals surface area contributed by atoms with Gasteiger partial charge in [0.05, 0.1) is 6.10 Å². The van der Waals surface area contributed by atoms with E-state index in [1.54, 1.807) is 13.8 Å². The van der Waals surface area contributed by atoms with Crippen molar-refractivity contribution in [2.24, 2.45) is 0 Å². The maximum atomic E-state index is 10.8. The Balaban J connectivity index is 2.57. The van der Waals surface area contributed by atoms with Crippen molar-refractivity contribution in [1.29, 1.82) is 0 Å². The lowest BCUT2D eigenvalue weighted by molar-refractivity contribution is -0.156. The van der Waals surface area contributed by atoms with E-state index in [1.165, 1.54) is 0 Å². The summed E-state index contributed by atoms with van der Waals surface area (Å²) in [5.74, 6) is -0.800. The largest absolute Gasteiger partial charge is 0.390 e. The molecule has 1 saturated heterocycles. The van der Waals surface area contributed by atoms with Crippen molar-refractivity contribution in [2.45, 2.75) is 57.7 Å². The molecule has 4 heteroatoms. The Morgan fingerprint density at radius 3 is 2.62 bits per heavy atom. The summed E-state index contributed by atoms with van der Waals surface area (Å²) >= 11 is 0. The molecule has 1 rings (SSSR count). The van der Waals surface area contributed by atoms with Crippen LogP contribution in [0.4, 0.5) is 0 Å². The van der Waals surface area contributed by atoms with Crippen LogP contribution in [0.5, 0.6) is 0 Å². The number of allylic oxidation sites excluding steroid dienone is 1. The number of aldehydes is 1. The van der Waals surface area contributed by atoms with Gasteiger partial charge >= 0.3 is 0 Å². The average molecular weight is 228 g/mol. The lowest BCUT2D eigenvalue weighted by Crippen LogP contribution is -2.35. The summed E-state index contributed by atoms with van der Waals surface area (Å²) < 4.78 is 10.9. The number of hydrogen-bond donors (Lipinski definition) is 1. The summed E-state index contributed by atoms with van der Waals surface area (Å²) in [5.41, 5.74) is 0. The number of aliphatic hydroxyl groups is 1. The molecule has 0 aliphatic carbocycles. The van der Waals surface area contributed by atoms with Crippen molar-refractivity contribution in [3.63, 3.8) is 0 Å². The molecule has 1 N–H and O–H groups in total. The van der Waals surface area contributed by atoms with Gasteiger partial charge in [-0.1, -0.05) is 19.1 Å². The first-order chi connectivity index (χ1) is 7.50. The van der Waals surface area contributed by atoms with Crippen LogP contribution in [0.3, 0.4) is 0 Å². The van der Waals surface area contributed by atoms with E-state index in [0.717, 1.165) is 6.42 Å². The van der Waals surface area contributed by atoms with E-state index >= 15 is 0 Å². The van der Waals surface area contributed by atoms with Crippen LogP contribution in [0, 0.1) is 0 Å². The predicted molar refractivity (Wildman–Crippen MR) is 59.9 cm³/mol. The molecular weight excluding hydrogens is 208 g/mol. The van der Waals surface area contributed by atoms with Crippen molar-refractivity contribution in [3.05, 3.63) is 12.2 Å². The molecule has 1 aliphatic heterocycles. The van der Waals surface area contributed by atoms with Crippen LogP contribution in [0.15, 0.2) is 12.2 Å². The van der Waals surface area contributed by atoms with Gasteiger partial charge in [-0.3, -0.25) is 0 Å². The Hall–Kier alpha value is -0.710. The molecule has 16 heavy (non-hydrogen) atoms. The van der Waals surface area contributed by atoms with Gasteiger partial charge in [-0.2, -0.15) is 0 Å². The third-order valence-electron chi connectivity index (χ3n) is 2.46. The van der Waals surface area contributed by atoms with Crippen LogP contribution in [-0.4, -0.2) is 35.5 Å². The normalized spacial score (nSPS) is 30.8. The smallest absolute Gasteiger partial charge is 0.164 e. The van der Waals surface area contributed by atoms with Crippen molar-refractivity contribution in [1.82, 2.24) is 0 Å². The highest BCUT2D eigenvalue weighted by Gasteiger charge is 2.44. The summed E-state index contributed by atoms with van der Waals surface area (Å²) in [4.78, 5) is 10.8. The second-order valence-electron chi connectivity index (χ2n) is 4.38. The maximum absolute atomic E-state index is 10.8. The molecule has 1 aliphatic rings. The fourth-order valence-corrected chi connectivity index (χ4v) is 1.76. The van der Waals surface area contributed by atoms with Crippen LogP contribution in [0.25, 0.3) is 0 Å². The number of carbonyl (C=O) groups is 1. The Bertz CT molecular complexity index is 260. The van der Waals surface area contributed by atoms with Gasteiger partial charge in [-0.05, 0) is 26.7 Å². The zero-order chi connectivity index (χ0) is 12.2. The Kier molecular flexibility index (Phi) is 4.65. The number of rotatable bonds is 5. The van der Waals surface area contributed by atoms with Crippen LogP contribution in [-0.2, 0) is 14.3 Å². The Morgan fingerprint density at radius 2 is 2.06 bits per heavy atom. The van der Waals surface area contributed by atoms with E-state index in [0.29, 0.717) is 12.7 Å². The maximum Gasteiger partial charge on any atom is 0.164 e. The van der Waals surface area contributed by atoms with E-state index in [9.17, 15) is 9.90 Å². The van der Waals surface area contributed by atoms with Gasteiger partial charge in [-0.15, -0.1) is 0 Å². The third-order valence-corrected chi connectivity index (χ3v) is 2.46. The minimum Gasteiger partial charge on any atom is -0.390 e. The van der Waals surface area contributed by atoms with E-state index < -0.39 is 24.1 Å². The molecule has 0 amide bonds. The van der Waals surface area contributed by atoms with Crippen molar-refractivity contribution in [2.75, 3.05) is 0 Å². The first-order valence-corrected chi connectivity index (χ1v) is 5.64. The molecule has 0 bridgehead atoms. The quantitative estimate of drug-likeness (QED) is 0.571. The summed E-state index contributed by atoms with van der Waals surface area (Å²) in [6.45, 7) is 5.49. The van der Waals surface area contributed by atoms with Crippen LogP contribution < -0.4 is 0 Å². The number of hydrogen-bond acceptors (Lipinski definition) is 4. The molecule has 1 heterocycles. The van der Waals surface area contributed by atoms with Gasteiger partial charge in [0.2, 0.25) is 0 Å². The molecule has 0 aromatic carbocycles. The fourth-order valence-electron chi connectivity index (χ4n) is 1.76. The predicted octanol–water partition coefficient (Wildman–Crippen LogP) is 1.42. The highest BCUT2D eigenvalue weighted by atomic mass is 16.8. The first kappa shape index (κ1) is 13.4. The molecule has 0 aromatic heterocycles. The second-order valence-corrected chi connectivity index (χ2v) is 4.38. The molecule has 0 saturated carbocycles. The van der Waals surface area contributed by atoms with Gasteiger partial charge in [0.15, 0.2) is 12.1 Å². The highest BCUT2D eigenvalue weighted by Crippen LogP contribution is 2.29. The van der Waals surface area contributed by atoms with Gasteiger partial charge in [0.1, 0.15) is 12.2 Å². The van der Waals surface area contributed by atoms with E-state index in [4.69, 9.17) is 9.47 Å². The molecule has 4 nitrogen and oxygen atoms in total. The van der Waals surface area contributed by atoms with Gasteiger partial charge in [-0.25, -0.2) is 0 Å². The molecule has 1 fully saturated rings. The standard InChI is InChI=1S/C12H20O4/c1-4-5-6-7-9(14)11-10(8-13)15-12(2,3)16-11/h5-6,8-11,14H,4,7H2,1-3H3/b6-5-/t9-,10-,11-/m1/s1. The molecular formula is C12H20O4. The lowest BCUT2D eigenvalue weighted by Gasteiger charge is -2.19. The summed E-state index contributed by atoms with van der Waals surface area (Å²) in [6, 6.07) is 0. The Morgan fingerprint density at radius 1 is 1.38 bits per heavy atom. The summed E-state index contributed by atoms with van der Waals surface area (Å²) in [7, 11) is 0. The lowest BCUT2D eigenvalue weighted by atomic mass is 10.1. The van der Waals surface area contributed by atoms with Crippen molar-refractivity contribution in [3.8, 4) is 0 Å². The monoisotopic (exact) mass is 228 g/mol. The highest BCUT2D eigenvalue weighted by molar-refractivity contribution is 5.58. The minimum atomic E-state index is -0.800. The minimum absolute atomic E-state index is 0.474. The Labute approximate surface area is 96.2 Å².